The normalized spacial score (nSPS) is 10.4. The summed E-state index contributed by atoms with van der Waals surface area (Å²) in [5.74, 6) is 1.76. The lowest BCUT2D eigenvalue weighted by molar-refractivity contribution is 0.309. The molecule has 0 bridgehead atoms. The van der Waals surface area contributed by atoms with Crippen molar-refractivity contribution in [2.24, 2.45) is 0 Å². The maximum atomic E-state index is 5.95. The molecule has 20 heavy (non-hydrogen) atoms. The van der Waals surface area contributed by atoms with E-state index in [1.807, 2.05) is 48.5 Å². The average Bonchev–Trinajstić information content (AvgIpc) is 2.53. The summed E-state index contributed by atoms with van der Waals surface area (Å²) in [5.41, 5.74) is 1.09. The van der Waals surface area contributed by atoms with E-state index in [2.05, 4.69) is 18.2 Å². The number of rotatable bonds is 4. The largest absolute Gasteiger partial charge is 0.497 e. The number of hydrogen-bond acceptors (Lipinski definition) is 2. The molecule has 0 N–H and O–H groups in total. The molecule has 0 saturated carbocycles. The Morgan fingerprint density at radius 2 is 1.65 bits per heavy atom. The zero-order valence-electron chi connectivity index (χ0n) is 11.4. The predicted molar refractivity (Wildman–Crippen MR) is 81.3 cm³/mol. The van der Waals surface area contributed by atoms with E-state index in [-0.39, 0.29) is 0 Å². The van der Waals surface area contributed by atoms with Crippen LogP contribution in [-0.2, 0) is 6.61 Å². The summed E-state index contributed by atoms with van der Waals surface area (Å²) in [5, 5.41) is 2.33. The molecule has 0 spiro atoms. The second-order valence-corrected chi connectivity index (χ2v) is 4.62. The van der Waals surface area contributed by atoms with E-state index in [9.17, 15) is 0 Å². The van der Waals surface area contributed by atoms with Crippen LogP contribution < -0.4 is 9.47 Å². The van der Waals surface area contributed by atoms with Gasteiger partial charge in [0.2, 0.25) is 0 Å². The summed E-state index contributed by atoms with van der Waals surface area (Å²) in [4.78, 5) is 0. The van der Waals surface area contributed by atoms with Crippen LogP contribution in [0.3, 0.4) is 0 Å². The van der Waals surface area contributed by atoms with Crippen molar-refractivity contribution in [1.82, 2.24) is 0 Å². The highest BCUT2D eigenvalue weighted by Gasteiger charge is 2.02. The van der Waals surface area contributed by atoms with Gasteiger partial charge in [-0.1, -0.05) is 48.5 Å². The Morgan fingerprint density at radius 3 is 2.55 bits per heavy atom. The smallest absolute Gasteiger partial charge is 0.127 e. The minimum atomic E-state index is 0.533. The van der Waals surface area contributed by atoms with E-state index in [0.717, 1.165) is 22.4 Å². The van der Waals surface area contributed by atoms with Crippen LogP contribution in [0.1, 0.15) is 5.56 Å². The van der Waals surface area contributed by atoms with Crippen LogP contribution in [-0.4, -0.2) is 7.11 Å². The zero-order valence-corrected chi connectivity index (χ0v) is 11.4. The van der Waals surface area contributed by atoms with Crippen LogP contribution in [0.15, 0.2) is 66.7 Å². The molecule has 0 unspecified atom stereocenters. The van der Waals surface area contributed by atoms with Crippen molar-refractivity contribution in [2.75, 3.05) is 7.11 Å². The Morgan fingerprint density at radius 1 is 0.850 bits per heavy atom. The molecule has 0 aromatic heterocycles. The van der Waals surface area contributed by atoms with Crippen molar-refractivity contribution in [1.29, 1.82) is 0 Å². The molecule has 0 atom stereocenters. The van der Waals surface area contributed by atoms with Crippen LogP contribution in [0.4, 0.5) is 0 Å². The first-order chi connectivity index (χ1) is 9.86. The van der Waals surface area contributed by atoms with Crippen molar-refractivity contribution in [3.63, 3.8) is 0 Å². The van der Waals surface area contributed by atoms with Crippen LogP contribution in [0.2, 0.25) is 0 Å². The van der Waals surface area contributed by atoms with Gasteiger partial charge in [0.25, 0.3) is 0 Å². The number of benzene rings is 3. The number of methoxy groups -OCH3 is 1. The second-order valence-electron chi connectivity index (χ2n) is 4.62. The lowest BCUT2D eigenvalue weighted by Crippen LogP contribution is -1.96. The first-order valence-corrected chi connectivity index (χ1v) is 6.60. The molecule has 0 saturated heterocycles. The fraction of sp³-hybridized carbons (Fsp3) is 0.111. The maximum Gasteiger partial charge on any atom is 0.127 e. The molecule has 2 nitrogen and oxygen atoms in total. The second kappa shape index (κ2) is 5.66. The Labute approximate surface area is 118 Å². The average molecular weight is 264 g/mol. The highest BCUT2D eigenvalue weighted by molar-refractivity contribution is 5.88. The van der Waals surface area contributed by atoms with E-state index < -0.39 is 0 Å². The molecule has 0 radical (unpaired) electrons. The fourth-order valence-electron chi connectivity index (χ4n) is 2.24. The highest BCUT2D eigenvalue weighted by atomic mass is 16.5. The molecule has 0 heterocycles. The van der Waals surface area contributed by atoms with Crippen molar-refractivity contribution in [2.45, 2.75) is 6.61 Å². The monoisotopic (exact) mass is 264 g/mol. The Balaban J connectivity index is 1.83. The van der Waals surface area contributed by atoms with Crippen molar-refractivity contribution in [3.8, 4) is 11.5 Å². The van der Waals surface area contributed by atoms with Gasteiger partial charge in [0.15, 0.2) is 0 Å². The fourth-order valence-corrected chi connectivity index (χ4v) is 2.24. The molecule has 3 aromatic carbocycles. The van der Waals surface area contributed by atoms with Crippen LogP contribution >= 0.6 is 0 Å². The van der Waals surface area contributed by atoms with Crippen LogP contribution in [0.5, 0.6) is 11.5 Å². The maximum absolute atomic E-state index is 5.95. The standard InChI is InChI=1S/C18H16O2/c1-19-16-9-4-6-14(12-16)13-20-18-11-5-8-15-7-2-3-10-17(15)18/h2-12H,13H2,1H3. The highest BCUT2D eigenvalue weighted by Crippen LogP contribution is 2.26. The van der Waals surface area contributed by atoms with E-state index in [4.69, 9.17) is 9.47 Å². The summed E-state index contributed by atoms with van der Waals surface area (Å²) >= 11 is 0. The predicted octanol–water partition coefficient (Wildman–Crippen LogP) is 4.43. The van der Waals surface area contributed by atoms with Crippen molar-refractivity contribution < 1.29 is 9.47 Å². The number of fused-ring (bicyclic) bond motifs is 1. The van der Waals surface area contributed by atoms with Gasteiger partial charge in [-0.15, -0.1) is 0 Å². The molecule has 0 fully saturated rings. The third-order valence-electron chi connectivity index (χ3n) is 3.28. The van der Waals surface area contributed by atoms with Gasteiger partial charge >= 0.3 is 0 Å². The summed E-state index contributed by atoms with van der Waals surface area (Å²) in [6.45, 7) is 0.533. The van der Waals surface area contributed by atoms with Gasteiger partial charge in [-0.05, 0) is 29.1 Å². The van der Waals surface area contributed by atoms with Crippen molar-refractivity contribution in [3.05, 3.63) is 72.3 Å². The molecule has 0 aliphatic heterocycles. The molecule has 3 aromatic rings. The lowest BCUT2D eigenvalue weighted by Gasteiger charge is -2.10. The SMILES string of the molecule is COc1cccc(COc2cccc3ccccc23)c1. The van der Waals surface area contributed by atoms with Gasteiger partial charge in [-0.3, -0.25) is 0 Å². The van der Waals surface area contributed by atoms with E-state index >= 15 is 0 Å². The summed E-state index contributed by atoms with van der Waals surface area (Å²) < 4.78 is 11.2. The zero-order chi connectivity index (χ0) is 13.8. The minimum Gasteiger partial charge on any atom is -0.497 e. The van der Waals surface area contributed by atoms with Crippen LogP contribution in [0.25, 0.3) is 10.8 Å². The van der Waals surface area contributed by atoms with E-state index in [0.29, 0.717) is 6.61 Å². The molecular weight excluding hydrogens is 248 g/mol. The molecule has 0 aliphatic carbocycles. The summed E-state index contributed by atoms with van der Waals surface area (Å²) in [7, 11) is 1.67. The van der Waals surface area contributed by atoms with Crippen LogP contribution in [0, 0.1) is 0 Å². The third kappa shape index (κ3) is 2.59. The Kier molecular flexibility index (Phi) is 3.55. The third-order valence-corrected chi connectivity index (χ3v) is 3.28. The minimum absolute atomic E-state index is 0.533. The molecule has 3 rings (SSSR count). The van der Waals surface area contributed by atoms with E-state index in [1.54, 1.807) is 7.11 Å². The van der Waals surface area contributed by atoms with Gasteiger partial charge in [0, 0.05) is 5.39 Å². The van der Waals surface area contributed by atoms with Gasteiger partial charge in [0.05, 0.1) is 7.11 Å². The first-order valence-electron chi connectivity index (χ1n) is 6.60. The van der Waals surface area contributed by atoms with Gasteiger partial charge in [-0.25, -0.2) is 0 Å². The molecule has 2 heteroatoms. The number of hydrogen-bond donors (Lipinski definition) is 0. The lowest BCUT2D eigenvalue weighted by atomic mass is 10.1. The Hall–Kier alpha value is -2.48. The summed E-state index contributed by atoms with van der Waals surface area (Å²) in [6, 6.07) is 22.3. The molecule has 0 amide bonds. The van der Waals surface area contributed by atoms with Gasteiger partial charge in [-0.2, -0.15) is 0 Å². The van der Waals surface area contributed by atoms with E-state index in [1.165, 1.54) is 5.39 Å². The quantitative estimate of drug-likeness (QED) is 0.694. The summed E-state index contributed by atoms with van der Waals surface area (Å²) in [6.07, 6.45) is 0. The molecule has 100 valence electrons. The van der Waals surface area contributed by atoms with Crippen molar-refractivity contribution >= 4 is 10.8 Å². The Bertz CT molecular complexity index is 714. The molecule has 0 aliphatic rings. The number of ether oxygens (including phenoxy) is 2. The molecular formula is C18H16O2. The first kappa shape index (κ1) is 12.5. The van der Waals surface area contributed by atoms with Gasteiger partial charge < -0.3 is 9.47 Å². The van der Waals surface area contributed by atoms with Gasteiger partial charge in [0.1, 0.15) is 18.1 Å². The topological polar surface area (TPSA) is 18.5 Å².